The van der Waals surface area contributed by atoms with Gasteiger partial charge in [0.05, 0.1) is 13.5 Å². The molecule has 1 atom stereocenters. The monoisotopic (exact) mass is 223 g/mol. The number of esters is 1. The van der Waals surface area contributed by atoms with Crippen molar-refractivity contribution in [3.8, 4) is 5.75 Å². The van der Waals surface area contributed by atoms with Crippen LogP contribution in [0.2, 0.25) is 0 Å². The molecule has 0 saturated heterocycles. The molecule has 1 aromatic rings. The molecule has 0 aliphatic heterocycles. The first-order valence-electron chi connectivity index (χ1n) is 5.13. The molecule has 0 radical (unpaired) electrons. The van der Waals surface area contributed by atoms with Gasteiger partial charge in [-0.25, -0.2) is 0 Å². The van der Waals surface area contributed by atoms with Crippen LogP contribution < -0.4 is 10.5 Å². The maximum absolute atomic E-state index is 10.9. The third-order valence-corrected chi connectivity index (χ3v) is 2.14. The van der Waals surface area contributed by atoms with Gasteiger partial charge in [-0.3, -0.25) is 4.79 Å². The molecule has 0 aliphatic rings. The molecule has 0 bridgehead atoms. The third kappa shape index (κ3) is 4.31. The number of rotatable bonds is 5. The van der Waals surface area contributed by atoms with Crippen LogP contribution in [0.1, 0.15) is 12.0 Å². The summed E-state index contributed by atoms with van der Waals surface area (Å²) in [6, 6.07) is 7.33. The zero-order valence-electron chi connectivity index (χ0n) is 9.60. The van der Waals surface area contributed by atoms with Gasteiger partial charge in [-0.2, -0.15) is 0 Å². The normalized spacial score (nSPS) is 11.9. The number of carbonyl (C=O) groups is 1. The van der Waals surface area contributed by atoms with Gasteiger partial charge in [0, 0.05) is 6.04 Å². The van der Waals surface area contributed by atoms with Crippen molar-refractivity contribution in [3.05, 3.63) is 29.8 Å². The van der Waals surface area contributed by atoms with Crippen molar-refractivity contribution >= 4 is 5.97 Å². The second-order valence-electron chi connectivity index (χ2n) is 3.66. The van der Waals surface area contributed by atoms with Crippen LogP contribution >= 0.6 is 0 Å². The van der Waals surface area contributed by atoms with Gasteiger partial charge >= 0.3 is 5.97 Å². The molecule has 0 heterocycles. The topological polar surface area (TPSA) is 61.5 Å². The summed E-state index contributed by atoms with van der Waals surface area (Å²) < 4.78 is 9.95. The van der Waals surface area contributed by atoms with E-state index in [9.17, 15) is 4.79 Å². The van der Waals surface area contributed by atoms with E-state index in [1.807, 2.05) is 31.2 Å². The van der Waals surface area contributed by atoms with Crippen LogP contribution in [0.4, 0.5) is 0 Å². The number of ether oxygens (including phenoxy) is 2. The fourth-order valence-electron chi connectivity index (χ4n) is 1.19. The van der Waals surface area contributed by atoms with E-state index in [4.69, 9.17) is 10.5 Å². The predicted molar refractivity (Wildman–Crippen MR) is 61.3 cm³/mol. The molecule has 1 aromatic carbocycles. The summed E-state index contributed by atoms with van der Waals surface area (Å²) in [5.41, 5.74) is 6.87. The predicted octanol–water partition coefficient (Wildman–Crippen LogP) is 1.26. The summed E-state index contributed by atoms with van der Waals surface area (Å²) in [5.74, 6) is 0.436. The number of hydrogen-bond donors (Lipinski definition) is 1. The zero-order chi connectivity index (χ0) is 12.0. The van der Waals surface area contributed by atoms with Gasteiger partial charge in [-0.05, 0) is 19.1 Å². The van der Waals surface area contributed by atoms with E-state index in [0.717, 1.165) is 5.75 Å². The smallest absolute Gasteiger partial charge is 0.307 e. The first-order chi connectivity index (χ1) is 7.61. The number of methoxy groups -OCH3 is 1. The highest BCUT2D eigenvalue weighted by Crippen LogP contribution is 2.11. The Bertz CT molecular complexity index is 335. The van der Waals surface area contributed by atoms with Gasteiger partial charge < -0.3 is 15.2 Å². The summed E-state index contributed by atoms with van der Waals surface area (Å²) in [7, 11) is 1.34. The van der Waals surface area contributed by atoms with Crippen LogP contribution in [0.3, 0.4) is 0 Å². The summed E-state index contributed by atoms with van der Waals surface area (Å²) in [6.45, 7) is 2.31. The SMILES string of the molecule is COC(=O)CC(N)COc1ccc(C)cc1. The standard InChI is InChI=1S/C12H17NO3/c1-9-3-5-11(6-4-9)16-8-10(13)7-12(14)15-2/h3-6,10H,7-8,13H2,1-2H3. The highest BCUT2D eigenvalue weighted by Gasteiger charge is 2.10. The first-order valence-corrected chi connectivity index (χ1v) is 5.13. The number of benzene rings is 1. The van der Waals surface area contributed by atoms with Crippen molar-refractivity contribution in [1.29, 1.82) is 0 Å². The van der Waals surface area contributed by atoms with Crippen molar-refractivity contribution < 1.29 is 14.3 Å². The average Bonchev–Trinajstić information content (AvgIpc) is 2.28. The number of hydrogen-bond acceptors (Lipinski definition) is 4. The molecule has 88 valence electrons. The summed E-state index contributed by atoms with van der Waals surface area (Å²) in [4.78, 5) is 10.9. The zero-order valence-corrected chi connectivity index (χ0v) is 9.60. The quantitative estimate of drug-likeness (QED) is 0.763. The Morgan fingerprint density at radius 1 is 1.38 bits per heavy atom. The lowest BCUT2D eigenvalue weighted by atomic mass is 10.2. The van der Waals surface area contributed by atoms with E-state index < -0.39 is 0 Å². The largest absolute Gasteiger partial charge is 0.492 e. The lowest BCUT2D eigenvalue weighted by Gasteiger charge is -2.12. The molecule has 0 aliphatic carbocycles. The van der Waals surface area contributed by atoms with Gasteiger partial charge in [0.15, 0.2) is 0 Å². The minimum Gasteiger partial charge on any atom is -0.492 e. The molecule has 0 aromatic heterocycles. The van der Waals surface area contributed by atoms with Crippen LogP contribution in [0.5, 0.6) is 5.75 Å². The van der Waals surface area contributed by atoms with E-state index >= 15 is 0 Å². The second kappa shape index (κ2) is 6.12. The minimum atomic E-state index is -0.339. The van der Waals surface area contributed by atoms with Crippen LogP contribution in [0.15, 0.2) is 24.3 Å². The molecule has 1 rings (SSSR count). The van der Waals surface area contributed by atoms with Crippen molar-refractivity contribution in [3.63, 3.8) is 0 Å². The molecule has 0 fully saturated rings. The lowest BCUT2D eigenvalue weighted by molar-refractivity contribution is -0.141. The first kappa shape index (κ1) is 12.5. The lowest BCUT2D eigenvalue weighted by Crippen LogP contribution is -2.30. The van der Waals surface area contributed by atoms with Crippen molar-refractivity contribution in [1.82, 2.24) is 0 Å². The van der Waals surface area contributed by atoms with Crippen LogP contribution in [0.25, 0.3) is 0 Å². The van der Waals surface area contributed by atoms with Gasteiger partial charge in [-0.15, -0.1) is 0 Å². The Morgan fingerprint density at radius 3 is 2.56 bits per heavy atom. The Balaban J connectivity index is 2.34. The molecule has 0 spiro atoms. The number of nitrogens with two attached hydrogens (primary N) is 1. The highest BCUT2D eigenvalue weighted by molar-refractivity contribution is 5.69. The van der Waals surface area contributed by atoms with E-state index in [0.29, 0.717) is 6.61 Å². The summed E-state index contributed by atoms with van der Waals surface area (Å²) in [5, 5.41) is 0. The van der Waals surface area contributed by atoms with Crippen molar-refractivity contribution in [2.75, 3.05) is 13.7 Å². The molecule has 2 N–H and O–H groups in total. The van der Waals surface area contributed by atoms with E-state index in [1.54, 1.807) is 0 Å². The molecule has 0 amide bonds. The van der Waals surface area contributed by atoms with E-state index in [2.05, 4.69) is 4.74 Å². The number of aryl methyl sites for hydroxylation is 1. The maximum Gasteiger partial charge on any atom is 0.307 e. The summed E-state index contributed by atoms with van der Waals surface area (Å²) in [6.07, 6.45) is 0.169. The molecule has 1 unspecified atom stereocenters. The van der Waals surface area contributed by atoms with Gasteiger partial charge in [-0.1, -0.05) is 17.7 Å². The Kier molecular flexibility index (Phi) is 4.79. The van der Waals surface area contributed by atoms with Crippen molar-refractivity contribution in [2.45, 2.75) is 19.4 Å². The van der Waals surface area contributed by atoms with E-state index in [-0.39, 0.29) is 18.4 Å². The van der Waals surface area contributed by atoms with Gasteiger partial charge in [0.25, 0.3) is 0 Å². The Labute approximate surface area is 95.3 Å². The second-order valence-corrected chi connectivity index (χ2v) is 3.66. The Morgan fingerprint density at radius 2 is 2.00 bits per heavy atom. The van der Waals surface area contributed by atoms with Crippen LogP contribution in [-0.4, -0.2) is 25.7 Å². The molecular weight excluding hydrogens is 206 g/mol. The number of carbonyl (C=O) groups excluding carboxylic acids is 1. The average molecular weight is 223 g/mol. The molecule has 0 saturated carbocycles. The molecule has 4 nitrogen and oxygen atoms in total. The molecule has 4 heteroatoms. The van der Waals surface area contributed by atoms with E-state index in [1.165, 1.54) is 12.7 Å². The highest BCUT2D eigenvalue weighted by atomic mass is 16.5. The summed E-state index contributed by atoms with van der Waals surface area (Å²) >= 11 is 0. The fraction of sp³-hybridized carbons (Fsp3) is 0.417. The molecule has 16 heavy (non-hydrogen) atoms. The van der Waals surface area contributed by atoms with Crippen molar-refractivity contribution in [2.24, 2.45) is 5.73 Å². The van der Waals surface area contributed by atoms with Gasteiger partial charge in [0.2, 0.25) is 0 Å². The Hall–Kier alpha value is -1.55. The maximum atomic E-state index is 10.9. The van der Waals surface area contributed by atoms with Crippen LogP contribution in [-0.2, 0) is 9.53 Å². The van der Waals surface area contributed by atoms with Crippen LogP contribution in [0, 0.1) is 6.92 Å². The minimum absolute atomic E-state index is 0.169. The third-order valence-electron chi connectivity index (χ3n) is 2.14. The fourth-order valence-corrected chi connectivity index (χ4v) is 1.19. The molecular formula is C12H17NO3. The van der Waals surface area contributed by atoms with Gasteiger partial charge in [0.1, 0.15) is 12.4 Å².